The van der Waals surface area contributed by atoms with Crippen molar-refractivity contribution in [3.63, 3.8) is 0 Å². The van der Waals surface area contributed by atoms with E-state index in [4.69, 9.17) is 9.26 Å². The molecular formula is C16H21N3O3S. The van der Waals surface area contributed by atoms with Crippen molar-refractivity contribution in [3.05, 3.63) is 23.4 Å². The Morgan fingerprint density at radius 2 is 2.39 bits per heavy atom. The monoisotopic (exact) mass is 335 g/mol. The van der Waals surface area contributed by atoms with Crippen LogP contribution in [0.4, 0.5) is 0 Å². The van der Waals surface area contributed by atoms with Crippen LogP contribution in [0.25, 0.3) is 10.7 Å². The summed E-state index contributed by atoms with van der Waals surface area (Å²) in [5.74, 6) is 1.88. The molecule has 0 unspecified atom stereocenters. The second-order valence-corrected chi connectivity index (χ2v) is 6.66. The lowest BCUT2D eigenvalue weighted by molar-refractivity contribution is -0.121. The quantitative estimate of drug-likeness (QED) is 0.676. The fourth-order valence-corrected chi connectivity index (χ4v) is 2.76. The number of aromatic nitrogens is 2. The van der Waals surface area contributed by atoms with Crippen LogP contribution in [0.2, 0.25) is 0 Å². The fourth-order valence-electron chi connectivity index (χ4n) is 2.11. The molecule has 1 aliphatic rings. The summed E-state index contributed by atoms with van der Waals surface area (Å²) in [5, 5.41) is 8.78. The molecule has 0 bridgehead atoms. The SMILES string of the molecule is O=C(CCc1nc(-c2cccs2)no1)NCCCOCC1CC1. The van der Waals surface area contributed by atoms with E-state index in [1.165, 1.54) is 12.8 Å². The Kier molecular flexibility index (Phi) is 5.76. The highest BCUT2D eigenvalue weighted by atomic mass is 32.1. The van der Waals surface area contributed by atoms with Crippen LogP contribution in [0.5, 0.6) is 0 Å². The maximum Gasteiger partial charge on any atom is 0.227 e. The smallest absolute Gasteiger partial charge is 0.227 e. The second-order valence-electron chi connectivity index (χ2n) is 5.71. The summed E-state index contributed by atoms with van der Waals surface area (Å²) in [5.41, 5.74) is 0. The van der Waals surface area contributed by atoms with Crippen molar-refractivity contribution in [1.82, 2.24) is 15.5 Å². The summed E-state index contributed by atoms with van der Waals surface area (Å²) in [4.78, 5) is 17.0. The lowest BCUT2D eigenvalue weighted by Crippen LogP contribution is -2.25. The highest BCUT2D eigenvalue weighted by molar-refractivity contribution is 7.13. The van der Waals surface area contributed by atoms with Crippen LogP contribution >= 0.6 is 11.3 Å². The summed E-state index contributed by atoms with van der Waals surface area (Å²) < 4.78 is 10.7. The first-order valence-electron chi connectivity index (χ1n) is 8.02. The number of thiophene rings is 1. The number of nitrogens with zero attached hydrogens (tertiary/aromatic N) is 2. The molecule has 3 rings (SSSR count). The van der Waals surface area contributed by atoms with Crippen LogP contribution in [0, 0.1) is 5.92 Å². The van der Waals surface area contributed by atoms with Gasteiger partial charge in [0.05, 0.1) is 4.88 Å². The first kappa shape index (κ1) is 16.1. The molecule has 1 amide bonds. The Balaban J connectivity index is 1.28. The van der Waals surface area contributed by atoms with Crippen molar-refractivity contribution in [3.8, 4) is 10.7 Å². The van der Waals surface area contributed by atoms with E-state index in [2.05, 4.69) is 15.5 Å². The van der Waals surface area contributed by atoms with Gasteiger partial charge in [0, 0.05) is 32.6 Å². The third-order valence-electron chi connectivity index (χ3n) is 3.61. The molecule has 2 aromatic heterocycles. The van der Waals surface area contributed by atoms with Crippen LogP contribution in [0.3, 0.4) is 0 Å². The molecule has 0 aliphatic heterocycles. The Hall–Kier alpha value is -1.73. The van der Waals surface area contributed by atoms with E-state index in [0.29, 0.717) is 37.7 Å². The van der Waals surface area contributed by atoms with Crippen molar-refractivity contribution >= 4 is 17.2 Å². The molecule has 0 radical (unpaired) electrons. The molecule has 2 aromatic rings. The van der Waals surface area contributed by atoms with Crippen LogP contribution in [-0.4, -0.2) is 35.8 Å². The summed E-state index contributed by atoms with van der Waals surface area (Å²) in [6.07, 6.45) is 4.28. The number of hydrogen-bond donors (Lipinski definition) is 1. The second kappa shape index (κ2) is 8.21. The van der Waals surface area contributed by atoms with Gasteiger partial charge in [-0.15, -0.1) is 11.3 Å². The van der Waals surface area contributed by atoms with Gasteiger partial charge in [-0.05, 0) is 36.6 Å². The standard InChI is InChI=1S/C16H21N3O3S/c20-14(17-8-2-9-21-11-12-4-5-12)6-7-15-18-16(19-22-15)13-3-1-10-23-13/h1,3,10,12H,2,4-9,11H2,(H,17,20). The molecule has 0 spiro atoms. The Morgan fingerprint density at radius 3 is 3.17 bits per heavy atom. The van der Waals surface area contributed by atoms with E-state index < -0.39 is 0 Å². The molecule has 0 aromatic carbocycles. The van der Waals surface area contributed by atoms with E-state index in [9.17, 15) is 4.79 Å². The van der Waals surface area contributed by atoms with Crippen molar-refractivity contribution in [2.24, 2.45) is 5.92 Å². The van der Waals surface area contributed by atoms with Crippen LogP contribution in [0.1, 0.15) is 31.6 Å². The minimum atomic E-state index is 0.00284. The first-order valence-corrected chi connectivity index (χ1v) is 8.90. The summed E-state index contributed by atoms with van der Waals surface area (Å²) in [6, 6.07) is 3.88. The van der Waals surface area contributed by atoms with E-state index in [1.54, 1.807) is 11.3 Å². The molecular weight excluding hydrogens is 314 g/mol. The van der Waals surface area contributed by atoms with Gasteiger partial charge >= 0.3 is 0 Å². The predicted molar refractivity (Wildman–Crippen MR) is 87.1 cm³/mol. The average molecular weight is 335 g/mol. The number of nitrogens with one attached hydrogen (secondary N) is 1. The first-order chi connectivity index (χ1) is 11.3. The highest BCUT2D eigenvalue weighted by Gasteiger charge is 2.20. The van der Waals surface area contributed by atoms with Gasteiger partial charge in [0.1, 0.15) is 0 Å². The van der Waals surface area contributed by atoms with Gasteiger partial charge < -0.3 is 14.6 Å². The summed E-state index contributed by atoms with van der Waals surface area (Å²) in [6.45, 7) is 2.23. The summed E-state index contributed by atoms with van der Waals surface area (Å²) in [7, 11) is 0. The maximum absolute atomic E-state index is 11.8. The topological polar surface area (TPSA) is 77.2 Å². The number of amides is 1. The number of ether oxygens (including phenoxy) is 1. The molecule has 1 fully saturated rings. The zero-order valence-corrected chi connectivity index (χ0v) is 13.8. The number of rotatable bonds is 10. The lowest BCUT2D eigenvalue weighted by Gasteiger charge is -2.05. The van der Waals surface area contributed by atoms with Gasteiger partial charge in [-0.2, -0.15) is 4.98 Å². The minimum Gasteiger partial charge on any atom is -0.381 e. The van der Waals surface area contributed by atoms with Gasteiger partial charge in [0.15, 0.2) is 0 Å². The largest absolute Gasteiger partial charge is 0.381 e. The third kappa shape index (κ3) is 5.44. The average Bonchev–Trinajstić information content (AvgIpc) is 3.04. The Labute approximate surface area is 139 Å². The number of hydrogen-bond acceptors (Lipinski definition) is 6. The Morgan fingerprint density at radius 1 is 1.48 bits per heavy atom. The zero-order valence-electron chi connectivity index (χ0n) is 13.0. The van der Waals surface area contributed by atoms with Gasteiger partial charge in [-0.1, -0.05) is 11.2 Å². The van der Waals surface area contributed by atoms with E-state index in [-0.39, 0.29) is 5.91 Å². The van der Waals surface area contributed by atoms with Gasteiger partial charge in [-0.25, -0.2) is 0 Å². The van der Waals surface area contributed by atoms with E-state index in [1.807, 2.05) is 17.5 Å². The van der Waals surface area contributed by atoms with E-state index in [0.717, 1.165) is 23.8 Å². The summed E-state index contributed by atoms with van der Waals surface area (Å²) >= 11 is 1.56. The van der Waals surface area contributed by atoms with Crippen LogP contribution < -0.4 is 5.32 Å². The van der Waals surface area contributed by atoms with Crippen molar-refractivity contribution in [1.29, 1.82) is 0 Å². The lowest BCUT2D eigenvalue weighted by atomic mass is 10.3. The van der Waals surface area contributed by atoms with Gasteiger partial charge in [0.25, 0.3) is 0 Å². The van der Waals surface area contributed by atoms with Gasteiger partial charge in [0.2, 0.25) is 17.6 Å². The molecule has 0 atom stereocenters. The molecule has 2 heterocycles. The van der Waals surface area contributed by atoms with Gasteiger partial charge in [-0.3, -0.25) is 4.79 Å². The third-order valence-corrected chi connectivity index (χ3v) is 4.48. The number of carbonyl (C=O) groups excluding carboxylic acids is 1. The zero-order chi connectivity index (χ0) is 15.9. The van der Waals surface area contributed by atoms with Crippen molar-refractivity contribution in [2.45, 2.75) is 32.1 Å². The molecule has 0 saturated heterocycles. The molecule has 1 N–H and O–H groups in total. The maximum atomic E-state index is 11.8. The molecule has 6 nitrogen and oxygen atoms in total. The predicted octanol–water partition coefficient (Wildman–Crippen LogP) is 2.66. The molecule has 1 saturated carbocycles. The normalized spacial score (nSPS) is 14.1. The minimum absolute atomic E-state index is 0.00284. The van der Waals surface area contributed by atoms with Crippen molar-refractivity contribution < 1.29 is 14.1 Å². The van der Waals surface area contributed by atoms with E-state index >= 15 is 0 Å². The number of carbonyl (C=O) groups is 1. The molecule has 23 heavy (non-hydrogen) atoms. The Bertz CT molecular complexity index is 608. The molecule has 124 valence electrons. The van der Waals surface area contributed by atoms with Crippen LogP contribution in [0.15, 0.2) is 22.0 Å². The highest BCUT2D eigenvalue weighted by Crippen LogP contribution is 2.28. The van der Waals surface area contributed by atoms with Crippen molar-refractivity contribution in [2.75, 3.05) is 19.8 Å². The molecule has 7 heteroatoms. The molecule has 1 aliphatic carbocycles. The fraction of sp³-hybridized carbons (Fsp3) is 0.562. The number of aryl methyl sites for hydroxylation is 1. The van der Waals surface area contributed by atoms with Crippen LogP contribution in [-0.2, 0) is 16.0 Å².